The molecule has 0 radical (unpaired) electrons. The van der Waals surface area contributed by atoms with Gasteiger partial charge in [-0.05, 0) is 25.5 Å². The van der Waals surface area contributed by atoms with Crippen LogP contribution in [0.3, 0.4) is 0 Å². The van der Waals surface area contributed by atoms with Gasteiger partial charge in [0, 0.05) is 25.0 Å². The van der Waals surface area contributed by atoms with Crippen LogP contribution >= 0.6 is 0 Å². The Hall–Kier alpha value is -0.830. The minimum Gasteiger partial charge on any atom is -0.314 e. The van der Waals surface area contributed by atoms with Gasteiger partial charge in [0.25, 0.3) is 0 Å². The van der Waals surface area contributed by atoms with E-state index < -0.39 is 0 Å². The number of nitrogens with zero attached hydrogens (tertiary/aromatic N) is 2. The molecule has 0 aliphatic carbocycles. The molecule has 1 fully saturated rings. The molecule has 3 heteroatoms. The first-order valence-electron chi connectivity index (χ1n) is 4.16. The Morgan fingerprint density at radius 1 is 1.64 bits per heavy atom. The van der Waals surface area contributed by atoms with Gasteiger partial charge in [-0.3, -0.25) is 4.68 Å². The third-order valence-electron chi connectivity index (χ3n) is 2.19. The maximum atomic E-state index is 4.14. The standard InChI is InChI=1S/C8H13N3/c1-4-10-11(6-1)7-3-8-2-5-9-8/h1,4,6,8-9H,2-3,5,7H2. The molecule has 1 saturated heterocycles. The van der Waals surface area contributed by atoms with Gasteiger partial charge in [-0.2, -0.15) is 5.10 Å². The van der Waals surface area contributed by atoms with Crippen molar-refractivity contribution < 1.29 is 0 Å². The zero-order valence-electron chi connectivity index (χ0n) is 6.53. The number of aryl methyl sites for hydroxylation is 1. The van der Waals surface area contributed by atoms with E-state index in [9.17, 15) is 0 Å². The summed E-state index contributed by atoms with van der Waals surface area (Å²) in [6.07, 6.45) is 6.38. The first-order chi connectivity index (χ1) is 5.45. The van der Waals surface area contributed by atoms with Crippen molar-refractivity contribution in [1.29, 1.82) is 0 Å². The number of aromatic nitrogens is 2. The SMILES string of the molecule is c1cnn(CCC2CCN2)c1. The molecular formula is C8H13N3. The summed E-state index contributed by atoms with van der Waals surface area (Å²) in [4.78, 5) is 0. The molecule has 11 heavy (non-hydrogen) atoms. The Kier molecular flexibility index (Phi) is 1.90. The summed E-state index contributed by atoms with van der Waals surface area (Å²) in [6.45, 7) is 2.24. The molecule has 1 unspecified atom stereocenters. The maximum Gasteiger partial charge on any atom is 0.0489 e. The first kappa shape index (κ1) is 6.85. The van der Waals surface area contributed by atoms with Gasteiger partial charge in [-0.1, -0.05) is 0 Å². The summed E-state index contributed by atoms with van der Waals surface area (Å²) in [5.74, 6) is 0. The van der Waals surface area contributed by atoms with E-state index in [4.69, 9.17) is 0 Å². The third kappa shape index (κ3) is 1.60. The number of hydrogen-bond acceptors (Lipinski definition) is 2. The maximum absolute atomic E-state index is 4.14. The molecule has 2 heterocycles. The Labute approximate surface area is 66.4 Å². The molecule has 0 saturated carbocycles. The Morgan fingerprint density at radius 3 is 3.09 bits per heavy atom. The van der Waals surface area contributed by atoms with Crippen LogP contribution in [0.4, 0.5) is 0 Å². The van der Waals surface area contributed by atoms with Crippen LogP contribution in [-0.4, -0.2) is 22.4 Å². The van der Waals surface area contributed by atoms with Crippen LogP contribution in [0.1, 0.15) is 12.8 Å². The van der Waals surface area contributed by atoms with E-state index in [0.717, 1.165) is 12.6 Å². The van der Waals surface area contributed by atoms with Crippen molar-refractivity contribution in [2.45, 2.75) is 25.4 Å². The number of nitrogens with one attached hydrogen (secondary N) is 1. The third-order valence-corrected chi connectivity index (χ3v) is 2.19. The molecule has 1 aromatic rings. The smallest absolute Gasteiger partial charge is 0.0489 e. The molecule has 0 spiro atoms. The zero-order valence-corrected chi connectivity index (χ0v) is 6.53. The van der Waals surface area contributed by atoms with Gasteiger partial charge < -0.3 is 5.32 Å². The molecular weight excluding hydrogens is 138 g/mol. The number of hydrogen-bond donors (Lipinski definition) is 1. The Morgan fingerprint density at radius 2 is 2.55 bits per heavy atom. The van der Waals surface area contributed by atoms with Crippen molar-refractivity contribution in [2.75, 3.05) is 6.54 Å². The lowest BCUT2D eigenvalue weighted by Gasteiger charge is -2.27. The van der Waals surface area contributed by atoms with Gasteiger partial charge in [0.05, 0.1) is 0 Å². The fraction of sp³-hybridized carbons (Fsp3) is 0.625. The van der Waals surface area contributed by atoms with Crippen molar-refractivity contribution in [2.24, 2.45) is 0 Å². The van der Waals surface area contributed by atoms with E-state index in [1.54, 1.807) is 0 Å². The summed E-state index contributed by atoms with van der Waals surface area (Å²) in [5, 5.41) is 7.50. The highest BCUT2D eigenvalue weighted by Gasteiger charge is 2.15. The molecule has 2 rings (SSSR count). The van der Waals surface area contributed by atoms with E-state index in [1.165, 1.54) is 19.4 Å². The van der Waals surface area contributed by atoms with Crippen LogP contribution in [0, 0.1) is 0 Å². The Balaban J connectivity index is 1.74. The van der Waals surface area contributed by atoms with Gasteiger partial charge in [0.1, 0.15) is 0 Å². The average molecular weight is 151 g/mol. The van der Waals surface area contributed by atoms with E-state index >= 15 is 0 Å². The minimum absolute atomic E-state index is 0.749. The van der Waals surface area contributed by atoms with Crippen LogP contribution in [0.15, 0.2) is 18.5 Å². The molecule has 0 bridgehead atoms. The fourth-order valence-electron chi connectivity index (χ4n) is 1.32. The predicted molar refractivity (Wildman–Crippen MR) is 43.3 cm³/mol. The van der Waals surface area contributed by atoms with E-state index in [0.29, 0.717) is 0 Å². The summed E-state index contributed by atoms with van der Waals surface area (Å²) in [5.41, 5.74) is 0. The average Bonchev–Trinajstić information content (AvgIpc) is 2.36. The molecule has 1 N–H and O–H groups in total. The molecule has 1 aliphatic rings. The Bertz CT molecular complexity index is 201. The van der Waals surface area contributed by atoms with Crippen molar-refractivity contribution in [1.82, 2.24) is 15.1 Å². The highest BCUT2D eigenvalue weighted by molar-refractivity contribution is 4.80. The lowest BCUT2D eigenvalue weighted by molar-refractivity contribution is 0.329. The van der Waals surface area contributed by atoms with Crippen LogP contribution < -0.4 is 5.32 Å². The van der Waals surface area contributed by atoms with Crippen molar-refractivity contribution in [3.8, 4) is 0 Å². The van der Waals surface area contributed by atoms with Gasteiger partial charge in [0.2, 0.25) is 0 Å². The lowest BCUT2D eigenvalue weighted by Crippen LogP contribution is -2.43. The molecule has 1 atom stereocenters. The largest absolute Gasteiger partial charge is 0.314 e. The van der Waals surface area contributed by atoms with E-state index in [1.807, 2.05) is 23.1 Å². The second-order valence-electron chi connectivity index (χ2n) is 3.00. The highest BCUT2D eigenvalue weighted by Crippen LogP contribution is 2.07. The highest BCUT2D eigenvalue weighted by atomic mass is 15.3. The van der Waals surface area contributed by atoms with Crippen molar-refractivity contribution in [3.63, 3.8) is 0 Å². The topological polar surface area (TPSA) is 29.9 Å². The summed E-state index contributed by atoms with van der Waals surface area (Å²) in [7, 11) is 0. The molecule has 60 valence electrons. The van der Waals surface area contributed by atoms with Gasteiger partial charge in [-0.15, -0.1) is 0 Å². The quantitative estimate of drug-likeness (QED) is 0.687. The van der Waals surface area contributed by atoms with Crippen molar-refractivity contribution >= 4 is 0 Å². The molecule has 0 amide bonds. The second-order valence-corrected chi connectivity index (χ2v) is 3.00. The second kappa shape index (κ2) is 3.05. The van der Waals surface area contributed by atoms with Gasteiger partial charge in [0.15, 0.2) is 0 Å². The summed E-state index contributed by atoms with van der Waals surface area (Å²) < 4.78 is 1.99. The summed E-state index contributed by atoms with van der Waals surface area (Å²) in [6, 6.07) is 2.72. The fourth-order valence-corrected chi connectivity index (χ4v) is 1.32. The zero-order chi connectivity index (χ0) is 7.52. The van der Waals surface area contributed by atoms with Crippen LogP contribution in [0.25, 0.3) is 0 Å². The van der Waals surface area contributed by atoms with Gasteiger partial charge >= 0.3 is 0 Å². The van der Waals surface area contributed by atoms with E-state index in [2.05, 4.69) is 10.4 Å². The lowest BCUT2D eigenvalue weighted by atomic mass is 10.0. The van der Waals surface area contributed by atoms with E-state index in [-0.39, 0.29) is 0 Å². The molecule has 1 aliphatic heterocycles. The minimum atomic E-state index is 0.749. The molecule has 0 aromatic carbocycles. The van der Waals surface area contributed by atoms with Crippen LogP contribution in [0.5, 0.6) is 0 Å². The predicted octanol–water partition coefficient (Wildman–Crippen LogP) is 0.635. The van der Waals surface area contributed by atoms with Crippen LogP contribution in [0.2, 0.25) is 0 Å². The number of rotatable bonds is 3. The van der Waals surface area contributed by atoms with Crippen molar-refractivity contribution in [3.05, 3.63) is 18.5 Å². The first-order valence-corrected chi connectivity index (χ1v) is 4.16. The molecule has 1 aromatic heterocycles. The van der Waals surface area contributed by atoms with Crippen LogP contribution in [-0.2, 0) is 6.54 Å². The monoisotopic (exact) mass is 151 g/mol. The summed E-state index contributed by atoms with van der Waals surface area (Å²) >= 11 is 0. The molecule has 3 nitrogen and oxygen atoms in total. The normalized spacial score (nSPS) is 23.1. The van der Waals surface area contributed by atoms with Gasteiger partial charge in [-0.25, -0.2) is 0 Å².